The molecule has 23 heavy (non-hydrogen) atoms. The van der Waals surface area contributed by atoms with Crippen LogP contribution in [0.3, 0.4) is 0 Å². The van der Waals surface area contributed by atoms with Gasteiger partial charge in [0.2, 0.25) is 5.91 Å². The number of nitrogens with zero attached hydrogens (tertiary/aromatic N) is 1. The molecule has 0 unspecified atom stereocenters. The standard InChI is InChI=1S/C17H21ClN2O2S/c1-11-9-13(5-6-14(11)18)22-8-7-17(3,4)15(21)20-16-19-10-12(2)23-16/h5-6,9-10H,7-8H2,1-4H3,(H,19,20,21). The lowest BCUT2D eigenvalue weighted by Gasteiger charge is -2.23. The highest BCUT2D eigenvalue weighted by atomic mass is 35.5. The van der Waals surface area contributed by atoms with Crippen molar-refractivity contribution in [1.29, 1.82) is 0 Å². The van der Waals surface area contributed by atoms with E-state index in [1.165, 1.54) is 11.3 Å². The topological polar surface area (TPSA) is 51.2 Å². The molecule has 0 saturated heterocycles. The summed E-state index contributed by atoms with van der Waals surface area (Å²) in [6.07, 6.45) is 2.35. The van der Waals surface area contributed by atoms with Crippen LogP contribution in [-0.2, 0) is 4.79 Å². The van der Waals surface area contributed by atoms with Crippen molar-refractivity contribution in [2.45, 2.75) is 34.1 Å². The van der Waals surface area contributed by atoms with Crippen LogP contribution in [0.1, 0.15) is 30.7 Å². The van der Waals surface area contributed by atoms with Crippen molar-refractivity contribution in [2.24, 2.45) is 5.41 Å². The Hall–Kier alpha value is -1.59. The Labute approximate surface area is 145 Å². The summed E-state index contributed by atoms with van der Waals surface area (Å²) in [7, 11) is 0. The summed E-state index contributed by atoms with van der Waals surface area (Å²) in [5.41, 5.74) is 0.432. The number of carbonyl (C=O) groups is 1. The third-order valence-corrected chi connectivity index (χ3v) is 4.83. The molecular weight excluding hydrogens is 332 g/mol. The lowest BCUT2D eigenvalue weighted by atomic mass is 9.89. The minimum Gasteiger partial charge on any atom is -0.494 e. The van der Waals surface area contributed by atoms with Gasteiger partial charge in [-0.3, -0.25) is 4.79 Å². The summed E-state index contributed by atoms with van der Waals surface area (Å²) >= 11 is 7.46. The Morgan fingerprint density at radius 2 is 2.13 bits per heavy atom. The molecule has 1 aromatic carbocycles. The third kappa shape index (κ3) is 4.94. The first kappa shape index (κ1) is 17.8. The number of hydrogen-bond acceptors (Lipinski definition) is 4. The van der Waals surface area contributed by atoms with E-state index in [0.717, 1.165) is 21.2 Å². The van der Waals surface area contributed by atoms with Crippen LogP contribution in [0, 0.1) is 19.3 Å². The Bertz CT molecular complexity index is 698. The summed E-state index contributed by atoms with van der Waals surface area (Å²) in [5.74, 6) is 0.710. The van der Waals surface area contributed by atoms with Crippen LogP contribution in [0.15, 0.2) is 24.4 Å². The molecule has 0 aliphatic carbocycles. The first-order valence-electron chi connectivity index (χ1n) is 7.41. The van der Waals surface area contributed by atoms with E-state index in [0.29, 0.717) is 18.2 Å². The minimum absolute atomic E-state index is 0.0530. The number of anilines is 1. The third-order valence-electron chi connectivity index (χ3n) is 3.58. The zero-order valence-electron chi connectivity index (χ0n) is 13.8. The van der Waals surface area contributed by atoms with Gasteiger partial charge >= 0.3 is 0 Å². The second-order valence-electron chi connectivity index (χ2n) is 6.12. The van der Waals surface area contributed by atoms with E-state index in [-0.39, 0.29) is 5.91 Å². The Morgan fingerprint density at radius 3 is 2.74 bits per heavy atom. The summed E-state index contributed by atoms with van der Waals surface area (Å²) in [6.45, 7) is 8.15. The number of rotatable bonds is 6. The zero-order chi connectivity index (χ0) is 17.0. The number of aromatic nitrogens is 1. The van der Waals surface area contributed by atoms with Crippen molar-refractivity contribution in [3.05, 3.63) is 39.9 Å². The van der Waals surface area contributed by atoms with E-state index in [9.17, 15) is 4.79 Å². The van der Waals surface area contributed by atoms with E-state index >= 15 is 0 Å². The van der Waals surface area contributed by atoms with Gasteiger partial charge in [0, 0.05) is 21.5 Å². The van der Waals surface area contributed by atoms with Gasteiger partial charge in [0.25, 0.3) is 0 Å². The lowest BCUT2D eigenvalue weighted by Crippen LogP contribution is -2.32. The van der Waals surface area contributed by atoms with Crippen LogP contribution < -0.4 is 10.1 Å². The molecule has 0 atom stereocenters. The molecule has 2 aromatic rings. The van der Waals surface area contributed by atoms with Crippen LogP contribution in [0.4, 0.5) is 5.13 Å². The van der Waals surface area contributed by atoms with Crippen LogP contribution in [-0.4, -0.2) is 17.5 Å². The van der Waals surface area contributed by atoms with Gasteiger partial charge in [-0.1, -0.05) is 25.4 Å². The monoisotopic (exact) mass is 352 g/mol. The number of amides is 1. The number of aryl methyl sites for hydroxylation is 2. The molecule has 0 radical (unpaired) electrons. The molecule has 1 amide bonds. The van der Waals surface area contributed by atoms with Crippen molar-refractivity contribution in [3.63, 3.8) is 0 Å². The van der Waals surface area contributed by atoms with Crippen molar-refractivity contribution in [2.75, 3.05) is 11.9 Å². The maximum Gasteiger partial charge on any atom is 0.231 e. The first-order valence-corrected chi connectivity index (χ1v) is 8.60. The molecule has 1 N–H and O–H groups in total. The largest absolute Gasteiger partial charge is 0.494 e. The SMILES string of the molecule is Cc1cnc(NC(=O)C(C)(C)CCOc2ccc(Cl)c(C)c2)s1. The fourth-order valence-electron chi connectivity index (χ4n) is 1.92. The van der Waals surface area contributed by atoms with E-state index in [4.69, 9.17) is 16.3 Å². The van der Waals surface area contributed by atoms with Gasteiger partial charge in [0.05, 0.1) is 6.61 Å². The fraction of sp³-hybridized carbons (Fsp3) is 0.412. The Balaban J connectivity index is 1.87. The highest BCUT2D eigenvalue weighted by molar-refractivity contribution is 7.15. The van der Waals surface area contributed by atoms with E-state index in [1.54, 1.807) is 6.20 Å². The highest BCUT2D eigenvalue weighted by Crippen LogP contribution is 2.26. The van der Waals surface area contributed by atoms with Crippen LogP contribution in [0.5, 0.6) is 5.75 Å². The van der Waals surface area contributed by atoms with Crippen molar-refractivity contribution in [1.82, 2.24) is 4.98 Å². The number of benzene rings is 1. The fourth-order valence-corrected chi connectivity index (χ4v) is 2.70. The molecule has 1 heterocycles. The van der Waals surface area contributed by atoms with Crippen LogP contribution in [0.25, 0.3) is 0 Å². The minimum atomic E-state index is -0.541. The molecule has 0 aliphatic heterocycles. The second-order valence-corrected chi connectivity index (χ2v) is 7.77. The lowest BCUT2D eigenvalue weighted by molar-refractivity contribution is -0.124. The molecule has 6 heteroatoms. The quantitative estimate of drug-likeness (QED) is 0.808. The van der Waals surface area contributed by atoms with E-state index in [1.807, 2.05) is 45.9 Å². The zero-order valence-corrected chi connectivity index (χ0v) is 15.3. The highest BCUT2D eigenvalue weighted by Gasteiger charge is 2.28. The van der Waals surface area contributed by atoms with Crippen molar-refractivity contribution in [3.8, 4) is 5.75 Å². The Morgan fingerprint density at radius 1 is 1.39 bits per heavy atom. The smallest absolute Gasteiger partial charge is 0.231 e. The molecule has 124 valence electrons. The number of carbonyl (C=O) groups excluding carboxylic acids is 1. The normalized spacial score (nSPS) is 11.3. The molecule has 0 bridgehead atoms. The van der Waals surface area contributed by atoms with Crippen molar-refractivity contribution >= 4 is 34.0 Å². The first-order chi connectivity index (χ1) is 10.8. The van der Waals surface area contributed by atoms with Crippen LogP contribution in [0.2, 0.25) is 5.02 Å². The van der Waals surface area contributed by atoms with Gasteiger partial charge in [-0.05, 0) is 44.0 Å². The van der Waals surface area contributed by atoms with Gasteiger partial charge in [-0.2, -0.15) is 0 Å². The number of hydrogen-bond donors (Lipinski definition) is 1. The molecule has 0 aliphatic rings. The molecule has 0 spiro atoms. The summed E-state index contributed by atoms with van der Waals surface area (Å²) < 4.78 is 5.73. The number of halogens is 1. The van der Waals surface area contributed by atoms with Gasteiger partial charge < -0.3 is 10.1 Å². The van der Waals surface area contributed by atoms with E-state index < -0.39 is 5.41 Å². The Kier molecular flexibility index (Phi) is 5.65. The molecule has 4 nitrogen and oxygen atoms in total. The summed E-state index contributed by atoms with van der Waals surface area (Å²) in [5, 5.41) is 4.22. The molecule has 0 saturated carbocycles. The predicted molar refractivity (Wildman–Crippen MR) is 95.6 cm³/mol. The number of thiazole rings is 1. The summed E-state index contributed by atoms with van der Waals surface area (Å²) in [6, 6.07) is 5.55. The molecular formula is C17H21ClN2O2S. The summed E-state index contributed by atoms with van der Waals surface area (Å²) in [4.78, 5) is 17.6. The van der Waals surface area contributed by atoms with Gasteiger partial charge in [0.1, 0.15) is 5.75 Å². The maximum absolute atomic E-state index is 12.4. The van der Waals surface area contributed by atoms with Gasteiger partial charge in [0.15, 0.2) is 5.13 Å². The molecule has 2 rings (SSSR count). The second kappa shape index (κ2) is 7.32. The van der Waals surface area contributed by atoms with Gasteiger partial charge in [-0.15, -0.1) is 11.3 Å². The predicted octanol–water partition coefficient (Wildman–Crippen LogP) is 4.85. The number of ether oxygens (including phenoxy) is 1. The van der Waals surface area contributed by atoms with Crippen molar-refractivity contribution < 1.29 is 9.53 Å². The molecule has 1 aromatic heterocycles. The average Bonchev–Trinajstić information content (AvgIpc) is 2.88. The van der Waals surface area contributed by atoms with E-state index in [2.05, 4.69) is 10.3 Å². The maximum atomic E-state index is 12.4. The van der Waals surface area contributed by atoms with Crippen LogP contribution >= 0.6 is 22.9 Å². The molecule has 0 fully saturated rings. The van der Waals surface area contributed by atoms with Gasteiger partial charge in [-0.25, -0.2) is 4.98 Å². The average molecular weight is 353 g/mol. The number of nitrogens with one attached hydrogen (secondary N) is 1.